The van der Waals surface area contributed by atoms with Crippen LogP contribution in [0.5, 0.6) is 0 Å². The highest BCUT2D eigenvalue weighted by molar-refractivity contribution is 6.31. The van der Waals surface area contributed by atoms with E-state index in [1.54, 1.807) is 6.07 Å². The van der Waals surface area contributed by atoms with Gasteiger partial charge in [0.1, 0.15) is 0 Å². The zero-order valence-corrected chi connectivity index (χ0v) is 10.5. The molecule has 1 aromatic rings. The SMILES string of the molecule is CC(C)=CCNCC(O)c1ccccc1Cl. The summed E-state index contributed by atoms with van der Waals surface area (Å²) < 4.78 is 0. The molecule has 0 fully saturated rings. The van der Waals surface area contributed by atoms with E-state index in [1.165, 1.54) is 5.57 Å². The van der Waals surface area contributed by atoms with E-state index in [2.05, 4.69) is 11.4 Å². The van der Waals surface area contributed by atoms with Crippen molar-refractivity contribution < 1.29 is 5.11 Å². The topological polar surface area (TPSA) is 32.3 Å². The van der Waals surface area contributed by atoms with Crippen LogP contribution in [-0.2, 0) is 0 Å². The number of aliphatic hydroxyl groups is 1. The van der Waals surface area contributed by atoms with Gasteiger partial charge in [-0.1, -0.05) is 41.4 Å². The Morgan fingerprint density at radius 3 is 2.75 bits per heavy atom. The van der Waals surface area contributed by atoms with Gasteiger partial charge in [-0.25, -0.2) is 0 Å². The Morgan fingerprint density at radius 2 is 2.12 bits per heavy atom. The van der Waals surface area contributed by atoms with E-state index < -0.39 is 6.10 Å². The molecule has 1 unspecified atom stereocenters. The molecule has 0 aromatic heterocycles. The molecule has 2 N–H and O–H groups in total. The highest BCUT2D eigenvalue weighted by Gasteiger charge is 2.09. The Kier molecular flexibility index (Phi) is 5.53. The fourth-order valence-electron chi connectivity index (χ4n) is 1.35. The lowest BCUT2D eigenvalue weighted by molar-refractivity contribution is 0.176. The van der Waals surface area contributed by atoms with Gasteiger partial charge in [-0.05, 0) is 19.9 Å². The maximum atomic E-state index is 9.90. The van der Waals surface area contributed by atoms with Crippen molar-refractivity contribution in [3.63, 3.8) is 0 Å². The number of benzene rings is 1. The summed E-state index contributed by atoms with van der Waals surface area (Å²) in [5.74, 6) is 0. The molecule has 88 valence electrons. The van der Waals surface area contributed by atoms with Crippen LogP contribution in [0.2, 0.25) is 5.02 Å². The molecule has 0 aliphatic heterocycles. The van der Waals surface area contributed by atoms with Crippen LogP contribution >= 0.6 is 11.6 Å². The number of aliphatic hydroxyl groups excluding tert-OH is 1. The van der Waals surface area contributed by atoms with Gasteiger partial charge in [-0.15, -0.1) is 0 Å². The number of nitrogens with one attached hydrogen (secondary N) is 1. The Balaban J connectivity index is 2.44. The second-order valence-electron chi connectivity index (χ2n) is 3.98. The van der Waals surface area contributed by atoms with Crippen molar-refractivity contribution in [1.82, 2.24) is 5.32 Å². The van der Waals surface area contributed by atoms with Crippen molar-refractivity contribution >= 4 is 11.6 Å². The summed E-state index contributed by atoms with van der Waals surface area (Å²) in [4.78, 5) is 0. The Bertz CT molecular complexity index is 359. The smallest absolute Gasteiger partial charge is 0.0928 e. The lowest BCUT2D eigenvalue weighted by Crippen LogP contribution is -2.21. The molecule has 0 bridgehead atoms. The molecule has 0 saturated carbocycles. The van der Waals surface area contributed by atoms with Gasteiger partial charge in [0.25, 0.3) is 0 Å². The Labute approximate surface area is 102 Å². The quantitative estimate of drug-likeness (QED) is 0.612. The standard InChI is InChI=1S/C13H18ClNO/c1-10(2)7-8-15-9-13(16)11-5-3-4-6-12(11)14/h3-7,13,15-16H,8-9H2,1-2H3. The molecule has 1 aromatic carbocycles. The zero-order chi connectivity index (χ0) is 12.0. The lowest BCUT2D eigenvalue weighted by Gasteiger charge is -2.12. The van der Waals surface area contributed by atoms with Crippen molar-refractivity contribution in [2.45, 2.75) is 20.0 Å². The molecule has 1 rings (SSSR count). The Hall–Kier alpha value is -0.830. The lowest BCUT2D eigenvalue weighted by atomic mass is 10.1. The normalized spacial score (nSPS) is 12.2. The largest absolute Gasteiger partial charge is 0.387 e. The van der Waals surface area contributed by atoms with E-state index >= 15 is 0 Å². The summed E-state index contributed by atoms with van der Waals surface area (Å²) in [5, 5.41) is 13.7. The van der Waals surface area contributed by atoms with Gasteiger partial charge in [0.2, 0.25) is 0 Å². The summed E-state index contributed by atoms with van der Waals surface area (Å²) in [6, 6.07) is 7.36. The third-order valence-corrected chi connectivity index (χ3v) is 2.60. The number of halogens is 1. The van der Waals surface area contributed by atoms with Gasteiger partial charge in [-0.2, -0.15) is 0 Å². The maximum absolute atomic E-state index is 9.90. The first kappa shape index (κ1) is 13.2. The van der Waals surface area contributed by atoms with Gasteiger partial charge in [0.15, 0.2) is 0 Å². The molecular weight excluding hydrogens is 222 g/mol. The van der Waals surface area contributed by atoms with E-state index in [4.69, 9.17) is 11.6 Å². The van der Waals surface area contributed by atoms with Crippen molar-refractivity contribution in [2.24, 2.45) is 0 Å². The van der Waals surface area contributed by atoms with Crippen molar-refractivity contribution in [2.75, 3.05) is 13.1 Å². The molecule has 2 nitrogen and oxygen atoms in total. The molecular formula is C13H18ClNO. The van der Waals surface area contributed by atoms with E-state index in [1.807, 2.05) is 32.0 Å². The monoisotopic (exact) mass is 239 g/mol. The average molecular weight is 240 g/mol. The third-order valence-electron chi connectivity index (χ3n) is 2.26. The predicted molar refractivity (Wildman–Crippen MR) is 68.7 cm³/mol. The van der Waals surface area contributed by atoms with Crippen LogP contribution in [0.25, 0.3) is 0 Å². The number of hydrogen-bond donors (Lipinski definition) is 2. The first-order chi connectivity index (χ1) is 7.61. The van der Waals surface area contributed by atoms with Crippen LogP contribution in [0.4, 0.5) is 0 Å². The fourth-order valence-corrected chi connectivity index (χ4v) is 1.61. The van der Waals surface area contributed by atoms with Crippen LogP contribution in [-0.4, -0.2) is 18.2 Å². The molecule has 0 spiro atoms. The maximum Gasteiger partial charge on any atom is 0.0928 e. The molecule has 1 atom stereocenters. The van der Waals surface area contributed by atoms with Gasteiger partial charge >= 0.3 is 0 Å². The molecule has 16 heavy (non-hydrogen) atoms. The van der Waals surface area contributed by atoms with E-state index in [0.29, 0.717) is 11.6 Å². The van der Waals surface area contributed by atoms with E-state index in [-0.39, 0.29) is 0 Å². The highest BCUT2D eigenvalue weighted by atomic mass is 35.5. The van der Waals surface area contributed by atoms with Crippen LogP contribution in [0, 0.1) is 0 Å². The van der Waals surface area contributed by atoms with Crippen molar-refractivity contribution in [1.29, 1.82) is 0 Å². The molecule has 0 aliphatic rings. The van der Waals surface area contributed by atoms with Gasteiger partial charge in [0, 0.05) is 23.7 Å². The molecule has 0 heterocycles. The predicted octanol–water partition coefficient (Wildman–Crippen LogP) is 2.93. The molecule has 0 radical (unpaired) electrons. The molecule has 0 amide bonds. The first-order valence-electron chi connectivity index (χ1n) is 5.38. The van der Waals surface area contributed by atoms with Crippen LogP contribution in [0.15, 0.2) is 35.9 Å². The molecule has 3 heteroatoms. The van der Waals surface area contributed by atoms with Crippen molar-refractivity contribution in [3.8, 4) is 0 Å². The van der Waals surface area contributed by atoms with Gasteiger partial charge in [0.05, 0.1) is 6.10 Å². The minimum atomic E-state index is -0.556. The number of hydrogen-bond acceptors (Lipinski definition) is 2. The Morgan fingerprint density at radius 1 is 1.44 bits per heavy atom. The van der Waals surface area contributed by atoms with Crippen LogP contribution in [0.3, 0.4) is 0 Å². The van der Waals surface area contributed by atoms with Gasteiger partial charge < -0.3 is 10.4 Å². The zero-order valence-electron chi connectivity index (χ0n) is 9.70. The third kappa shape index (κ3) is 4.35. The fraction of sp³-hybridized carbons (Fsp3) is 0.385. The summed E-state index contributed by atoms with van der Waals surface area (Å²) in [5.41, 5.74) is 2.04. The van der Waals surface area contributed by atoms with E-state index in [0.717, 1.165) is 12.1 Å². The molecule has 0 aliphatic carbocycles. The second-order valence-corrected chi connectivity index (χ2v) is 4.38. The number of rotatable bonds is 5. The average Bonchev–Trinajstić information content (AvgIpc) is 2.24. The minimum Gasteiger partial charge on any atom is -0.387 e. The van der Waals surface area contributed by atoms with E-state index in [9.17, 15) is 5.11 Å². The van der Waals surface area contributed by atoms with Gasteiger partial charge in [-0.3, -0.25) is 0 Å². The summed E-state index contributed by atoms with van der Waals surface area (Å²) in [6.45, 7) is 5.37. The highest BCUT2D eigenvalue weighted by Crippen LogP contribution is 2.21. The van der Waals surface area contributed by atoms with Crippen LogP contribution < -0.4 is 5.32 Å². The molecule has 0 saturated heterocycles. The number of allylic oxidation sites excluding steroid dienone is 1. The summed E-state index contributed by atoms with van der Waals surface area (Å²) in [6.07, 6.45) is 1.53. The van der Waals surface area contributed by atoms with Crippen molar-refractivity contribution in [3.05, 3.63) is 46.5 Å². The summed E-state index contributed by atoms with van der Waals surface area (Å²) >= 11 is 5.98. The second kappa shape index (κ2) is 6.69. The summed E-state index contributed by atoms with van der Waals surface area (Å²) in [7, 11) is 0. The minimum absolute atomic E-state index is 0.507. The first-order valence-corrected chi connectivity index (χ1v) is 5.75. The van der Waals surface area contributed by atoms with Crippen LogP contribution in [0.1, 0.15) is 25.5 Å².